The summed E-state index contributed by atoms with van der Waals surface area (Å²) in [4.78, 5) is 30.3. The molecule has 0 aliphatic heterocycles. The second-order valence-electron chi connectivity index (χ2n) is 8.03. The van der Waals surface area contributed by atoms with Crippen LogP contribution in [-0.4, -0.2) is 51.7 Å². The molecule has 1 aliphatic carbocycles. The van der Waals surface area contributed by atoms with E-state index < -0.39 is 5.82 Å². The van der Waals surface area contributed by atoms with Crippen LogP contribution in [0.25, 0.3) is 32.2 Å². The van der Waals surface area contributed by atoms with Crippen molar-refractivity contribution in [1.82, 2.24) is 20.1 Å². The minimum absolute atomic E-state index is 0.000313. The predicted molar refractivity (Wildman–Crippen MR) is 130 cm³/mol. The Balaban J connectivity index is 1.53. The van der Waals surface area contributed by atoms with Crippen molar-refractivity contribution in [1.29, 1.82) is 0 Å². The minimum atomic E-state index is -0.596. The van der Waals surface area contributed by atoms with Crippen molar-refractivity contribution >= 4 is 72.8 Å². The number of benzene rings is 2. The molecular weight excluding hydrogens is 485 g/mol. The molecule has 4 aromatic rings. The molecule has 0 atom stereocenters. The number of fused-ring (bicyclic) bond motifs is 2. The summed E-state index contributed by atoms with van der Waals surface area (Å²) in [7, 11) is 3.30. The predicted octanol–water partition coefficient (Wildman–Crippen LogP) is 5.16. The number of nitrogens with zero attached hydrogens (tertiary/aromatic N) is 3. The lowest BCUT2D eigenvalue weighted by Gasteiger charge is -2.13. The van der Waals surface area contributed by atoms with Crippen molar-refractivity contribution in [2.45, 2.75) is 17.7 Å². The Bertz CT molecular complexity index is 1410. The average molecular weight is 504 g/mol. The molecule has 0 bridgehead atoms. The Hall–Kier alpha value is -2.69. The summed E-state index contributed by atoms with van der Waals surface area (Å²) >= 11 is 8.97. The molecule has 0 radical (unpaired) electrons. The zero-order valence-electron chi connectivity index (χ0n) is 17.7. The first kappa shape index (κ1) is 22.1. The van der Waals surface area contributed by atoms with E-state index in [-0.39, 0.29) is 33.4 Å². The number of rotatable bonds is 6. The van der Waals surface area contributed by atoms with Crippen LogP contribution in [0.5, 0.6) is 0 Å². The molecule has 2 aromatic carbocycles. The van der Waals surface area contributed by atoms with Crippen LogP contribution < -0.4 is 5.32 Å². The van der Waals surface area contributed by atoms with Gasteiger partial charge >= 0.3 is 0 Å². The van der Waals surface area contributed by atoms with Crippen LogP contribution in [0.15, 0.2) is 29.3 Å². The van der Waals surface area contributed by atoms with Crippen LogP contribution in [-0.2, 0) is 9.59 Å². The largest absolute Gasteiger partial charge is 0.348 e. The topological polar surface area (TPSA) is 91.0 Å². The maximum atomic E-state index is 15.4. The average Bonchev–Trinajstić information content (AvgIpc) is 3.41. The number of aromatic amines is 1. The third-order valence-electron chi connectivity index (χ3n) is 5.44. The highest BCUT2D eigenvalue weighted by Crippen LogP contribution is 2.43. The van der Waals surface area contributed by atoms with Crippen molar-refractivity contribution in [2.75, 3.05) is 25.2 Å². The van der Waals surface area contributed by atoms with E-state index in [2.05, 4.69) is 20.5 Å². The lowest BCUT2D eigenvalue weighted by molar-refractivity contribution is -0.125. The number of nitrogens with one attached hydrogen (secondary N) is 2. The molecule has 0 spiro atoms. The van der Waals surface area contributed by atoms with Crippen molar-refractivity contribution < 1.29 is 14.0 Å². The molecule has 0 unspecified atom stereocenters. The van der Waals surface area contributed by atoms with Gasteiger partial charge in [-0.25, -0.2) is 9.37 Å². The summed E-state index contributed by atoms with van der Waals surface area (Å²) in [5, 5.41) is 11.0. The Morgan fingerprint density at radius 1 is 1.36 bits per heavy atom. The van der Waals surface area contributed by atoms with E-state index in [1.165, 1.54) is 16.2 Å². The first-order chi connectivity index (χ1) is 15.8. The van der Waals surface area contributed by atoms with Crippen molar-refractivity contribution in [3.8, 4) is 11.1 Å². The number of aromatic nitrogens is 3. The number of carbonyl (C=O) groups is 2. The van der Waals surface area contributed by atoms with E-state index >= 15 is 4.39 Å². The van der Waals surface area contributed by atoms with Gasteiger partial charge in [-0.15, -0.1) is 11.8 Å². The molecule has 170 valence electrons. The second-order valence-corrected chi connectivity index (χ2v) is 10.4. The number of hydrogen-bond acceptors (Lipinski definition) is 6. The first-order valence-electron chi connectivity index (χ1n) is 10.2. The first-order valence-corrected chi connectivity index (χ1v) is 12.4. The number of H-pyrrole nitrogens is 1. The van der Waals surface area contributed by atoms with Crippen molar-refractivity contribution in [3.63, 3.8) is 0 Å². The van der Waals surface area contributed by atoms with E-state index in [1.54, 1.807) is 20.3 Å². The van der Waals surface area contributed by atoms with Gasteiger partial charge in [-0.1, -0.05) is 29.0 Å². The molecule has 2 aromatic heterocycles. The molecule has 5 rings (SSSR count). The summed E-state index contributed by atoms with van der Waals surface area (Å²) < 4.78 is 16.2. The van der Waals surface area contributed by atoms with E-state index in [9.17, 15) is 9.59 Å². The lowest BCUT2D eigenvalue weighted by atomic mass is 10.0. The number of amides is 2. The van der Waals surface area contributed by atoms with Crippen LogP contribution >= 0.6 is 34.7 Å². The number of hydrogen-bond donors (Lipinski definition) is 2. The molecular formula is C22H19ClFN5O2S2. The summed E-state index contributed by atoms with van der Waals surface area (Å²) in [5.74, 6) is -0.557. The Labute approximate surface area is 201 Å². The molecule has 2 heterocycles. The van der Waals surface area contributed by atoms with Gasteiger partial charge in [0.1, 0.15) is 0 Å². The monoisotopic (exact) mass is 503 g/mol. The van der Waals surface area contributed by atoms with Gasteiger partial charge < -0.3 is 10.2 Å². The van der Waals surface area contributed by atoms with Gasteiger partial charge in [0.05, 0.1) is 37.6 Å². The minimum Gasteiger partial charge on any atom is -0.348 e. The molecule has 2 N–H and O–H groups in total. The fourth-order valence-corrected chi connectivity index (χ4v) is 5.78. The molecule has 0 saturated heterocycles. The molecule has 33 heavy (non-hydrogen) atoms. The lowest BCUT2D eigenvalue weighted by Crippen LogP contribution is -2.23. The van der Waals surface area contributed by atoms with Gasteiger partial charge in [-0.2, -0.15) is 5.10 Å². The molecule has 11 heteroatoms. The van der Waals surface area contributed by atoms with Gasteiger partial charge in [0.15, 0.2) is 10.9 Å². The maximum absolute atomic E-state index is 15.4. The zero-order valence-corrected chi connectivity index (χ0v) is 20.1. The van der Waals surface area contributed by atoms with Crippen LogP contribution in [0.1, 0.15) is 12.8 Å². The summed E-state index contributed by atoms with van der Waals surface area (Å²) in [6.45, 7) is 0. The van der Waals surface area contributed by atoms with Gasteiger partial charge in [-0.3, -0.25) is 14.7 Å². The van der Waals surface area contributed by atoms with Gasteiger partial charge in [-0.05, 0) is 30.5 Å². The third kappa shape index (κ3) is 4.18. The van der Waals surface area contributed by atoms with E-state index in [0.29, 0.717) is 27.2 Å². The van der Waals surface area contributed by atoms with E-state index in [4.69, 9.17) is 11.6 Å². The number of thiazole rings is 1. The van der Waals surface area contributed by atoms with Gasteiger partial charge in [0.25, 0.3) is 0 Å². The standard InChI is InChI=1S/C22H19ClFN5O2S2/c1-29(2)15(30)9-32-20-18(24)17(23)16(12-8-25-28-19(12)20)11-5-6-13-14(7-11)33-22(26-13)27-21(31)10-3-4-10/h5-8,10H,3-4,9H2,1-2H3,(H,25,28)(H,26,27,31). The highest BCUT2D eigenvalue weighted by Gasteiger charge is 2.30. The number of thioether (sulfide) groups is 1. The number of halogens is 2. The van der Waals surface area contributed by atoms with Gasteiger partial charge in [0.2, 0.25) is 11.8 Å². The highest BCUT2D eigenvalue weighted by molar-refractivity contribution is 8.00. The third-order valence-corrected chi connectivity index (χ3v) is 7.79. The Morgan fingerprint density at radius 2 is 2.15 bits per heavy atom. The normalized spacial score (nSPS) is 13.6. The fourth-order valence-electron chi connectivity index (χ4n) is 3.45. The van der Waals surface area contributed by atoms with Crippen LogP contribution in [0.3, 0.4) is 0 Å². The maximum Gasteiger partial charge on any atom is 0.232 e. The Kier molecular flexibility index (Phi) is 5.75. The quantitative estimate of drug-likeness (QED) is 0.355. The van der Waals surface area contributed by atoms with Gasteiger partial charge in [0, 0.05) is 31.0 Å². The zero-order chi connectivity index (χ0) is 23.3. The molecule has 1 fully saturated rings. The summed E-state index contributed by atoms with van der Waals surface area (Å²) in [6.07, 6.45) is 3.44. The fraction of sp³-hybridized carbons (Fsp3) is 0.273. The molecule has 1 aliphatic rings. The summed E-state index contributed by atoms with van der Waals surface area (Å²) in [5.41, 5.74) is 2.46. The summed E-state index contributed by atoms with van der Waals surface area (Å²) in [6, 6.07) is 5.53. The SMILES string of the molecule is CN(C)C(=O)CSc1c(F)c(Cl)c(-c2ccc3nc(NC(=O)C4CC4)sc3c2)c2cn[nH]c12. The number of carbonyl (C=O) groups excluding carboxylic acids is 2. The highest BCUT2D eigenvalue weighted by atomic mass is 35.5. The molecule has 1 saturated carbocycles. The van der Waals surface area contributed by atoms with Crippen LogP contribution in [0.4, 0.5) is 9.52 Å². The van der Waals surface area contributed by atoms with E-state index in [0.717, 1.165) is 34.8 Å². The van der Waals surface area contributed by atoms with Crippen LogP contribution in [0.2, 0.25) is 5.02 Å². The second kappa shape index (κ2) is 8.58. The molecule has 7 nitrogen and oxygen atoms in total. The van der Waals surface area contributed by atoms with Crippen molar-refractivity contribution in [3.05, 3.63) is 35.2 Å². The number of anilines is 1. The smallest absolute Gasteiger partial charge is 0.232 e. The van der Waals surface area contributed by atoms with Crippen LogP contribution in [0, 0.1) is 11.7 Å². The molecule has 2 amide bonds. The Morgan fingerprint density at radius 3 is 2.88 bits per heavy atom. The van der Waals surface area contributed by atoms with E-state index in [1.807, 2.05) is 18.2 Å². The van der Waals surface area contributed by atoms with Crippen molar-refractivity contribution in [2.24, 2.45) is 5.92 Å².